The summed E-state index contributed by atoms with van der Waals surface area (Å²) in [6, 6.07) is 9.08. The second-order valence-corrected chi connectivity index (χ2v) is 7.23. The first kappa shape index (κ1) is 17.7. The smallest absolute Gasteiger partial charge is 0.235 e. The van der Waals surface area contributed by atoms with Crippen molar-refractivity contribution in [3.05, 3.63) is 76.7 Å². The average Bonchev–Trinajstić information content (AvgIpc) is 2.83. The molecule has 2 heterocycles. The van der Waals surface area contributed by atoms with Crippen LogP contribution >= 0.6 is 11.8 Å². The molecule has 2 aromatic carbocycles. The van der Waals surface area contributed by atoms with Crippen LogP contribution < -0.4 is 5.32 Å². The maximum absolute atomic E-state index is 14.4. The molecule has 1 aromatic heterocycles. The minimum Gasteiger partial charge on any atom is -0.310 e. The van der Waals surface area contributed by atoms with E-state index >= 15 is 0 Å². The van der Waals surface area contributed by atoms with Crippen molar-refractivity contribution in [3.63, 3.8) is 0 Å². The fourth-order valence-corrected chi connectivity index (χ4v) is 4.32. The zero-order valence-corrected chi connectivity index (χ0v) is 15.0. The van der Waals surface area contributed by atoms with E-state index in [0.29, 0.717) is 22.8 Å². The third-order valence-electron chi connectivity index (χ3n) is 4.32. The number of nitrogens with zero attached hydrogens (tertiary/aromatic N) is 2. The Kier molecular flexibility index (Phi) is 4.43. The lowest BCUT2D eigenvalue weighted by atomic mass is 10.0. The number of fused-ring (bicyclic) bond motifs is 1. The molecule has 0 aliphatic carbocycles. The van der Waals surface area contributed by atoms with Gasteiger partial charge in [-0.3, -0.25) is 4.79 Å². The molecule has 0 saturated heterocycles. The monoisotopic (exact) mass is 389 g/mol. The van der Waals surface area contributed by atoms with E-state index in [-0.39, 0.29) is 23.0 Å². The third kappa shape index (κ3) is 3.21. The minimum absolute atomic E-state index is 0.110. The van der Waals surface area contributed by atoms with Crippen molar-refractivity contribution in [2.24, 2.45) is 0 Å². The molecule has 4 nitrogen and oxygen atoms in total. The van der Waals surface area contributed by atoms with Crippen LogP contribution in [-0.4, -0.2) is 21.4 Å². The van der Waals surface area contributed by atoms with Gasteiger partial charge in [0.25, 0.3) is 0 Å². The van der Waals surface area contributed by atoms with Crippen LogP contribution in [0, 0.1) is 24.4 Å². The van der Waals surface area contributed by atoms with Crippen LogP contribution in [0.1, 0.15) is 22.1 Å². The first-order chi connectivity index (χ1) is 12.9. The summed E-state index contributed by atoms with van der Waals surface area (Å²) in [5.41, 5.74) is 2.07. The Labute approximate surface area is 157 Å². The van der Waals surface area contributed by atoms with Crippen molar-refractivity contribution in [2.45, 2.75) is 12.2 Å². The zero-order valence-electron chi connectivity index (χ0n) is 14.2. The topological polar surface area (TPSA) is 46.9 Å². The number of aryl methyl sites for hydroxylation is 1. The number of carbonyl (C=O) groups excluding carboxylic acids is 1. The van der Waals surface area contributed by atoms with Crippen LogP contribution in [0.15, 0.2) is 42.5 Å². The lowest BCUT2D eigenvalue weighted by Crippen LogP contribution is -2.15. The Balaban J connectivity index is 1.90. The Hall–Kier alpha value is -2.74. The molecule has 0 radical (unpaired) electrons. The van der Waals surface area contributed by atoms with Crippen LogP contribution in [0.5, 0.6) is 0 Å². The van der Waals surface area contributed by atoms with Gasteiger partial charge in [0.15, 0.2) is 0 Å². The van der Waals surface area contributed by atoms with Crippen molar-refractivity contribution in [3.8, 4) is 5.69 Å². The number of halogens is 3. The lowest BCUT2D eigenvalue weighted by molar-refractivity contribution is -0.113. The molecule has 0 bridgehead atoms. The molecular formula is C19H14F3N3OS. The summed E-state index contributed by atoms with van der Waals surface area (Å²) in [6.45, 7) is 1.76. The van der Waals surface area contributed by atoms with E-state index in [0.717, 1.165) is 6.07 Å². The summed E-state index contributed by atoms with van der Waals surface area (Å²) in [6.07, 6.45) is 0. The van der Waals surface area contributed by atoms with Crippen molar-refractivity contribution < 1.29 is 18.0 Å². The van der Waals surface area contributed by atoms with E-state index in [9.17, 15) is 18.0 Å². The Morgan fingerprint density at radius 1 is 1.11 bits per heavy atom. The summed E-state index contributed by atoms with van der Waals surface area (Å²) in [5, 5.41) is 6.73. The van der Waals surface area contributed by atoms with Gasteiger partial charge in [0.05, 0.1) is 22.4 Å². The second-order valence-electron chi connectivity index (χ2n) is 6.14. The predicted molar refractivity (Wildman–Crippen MR) is 97.5 cm³/mol. The highest BCUT2D eigenvalue weighted by molar-refractivity contribution is 8.00. The zero-order chi connectivity index (χ0) is 19.1. The number of amides is 1. The van der Waals surface area contributed by atoms with Crippen molar-refractivity contribution in [1.29, 1.82) is 0 Å². The van der Waals surface area contributed by atoms with E-state index in [4.69, 9.17) is 0 Å². The Bertz CT molecular complexity index is 1030. The van der Waals surface area contributed by atoms with Crippen LogP contribution in [0.2, 0.25) is 0 Å². The SMILES string of the molecule is Cc1nn(-c2ccc(F)cc2)c2c1[C@@H](c1ccc(F)cc1F)SCC(=O)N2. The summed E-state index contributed by atoms with van der Waals surface area (Å²) in [5.74, 6) is -1.47. The van der Waals surface area contributed by atoms with E-state index in [2.05, 4.69) is 10.4 Å². The van der Waals surface area contributed by atoms with Gasteiger partial charge in [-0.05, 0) is 37.3 Å². The number of carbonyl (C=O) groups is 1. The number of hydrogen-bond acceptors (Lipinski definition) is 3. The molecule has 1 aliphatic rings. The largest absolute Gasteiger partial charge is 0.310 e. The van der Waals surface area contributed by atoms with E-state index in [1.54, 1.807) is 19.1 Å². The van der Waals surface area contributed by atoms with Gasteiger partial charge in [-0.15, -0.1) is 11.8 Å². The lowest BCUT2D eigenvalue weighted by Gasteiger charge is -2.16. The number of benzene rings is 2. The van der Waals surface area contributed by atoms with Gasteiger partial charge in [-0.2, -0.15) is 5.10 Å². The summed E-state index contributed by atoms with van der Waals surface area (Å²) in [4.78, 5) is 12.2. The highest BCUT2D eigenvalue weighted by Crippen LogP contribution is 2.44. The molecule has 1 atom stereocenters. The quantitative estimate of drug-likeness (QED) is 0.708. The van der Waals surface area contributed by atoms with Crippen molar-refractivity contribution >= 4 is 23.5 Å². The van der Waals surface area contributed by atoms with Gasteiger partial charge >= 0.3 is 0 Å². The van der Waals surface area contributed by atoms with Crippen LogP contribution in [-0.2, 0) is 4.79 Å². The third-order valence-corrected chi connectivity index (χ3v) is 5.58. The molecule has 3 aromatic rings. The number of thioether (sulfide) groups is 1. The van der Waals surface area contributed by atoms with Crippen molar-refractivity contribution in [2.75, 3.05) is 11.1 Å². The maximum atomic E-state index is 14.4. The van der Waals surface area contributed by atoms with Gasteiger partial charge in [-0.1, -0.05) is 6.07 Å². The summed E-state index contributed by atoms with van der Waals surface area (Å²) in [7, 11) is 0. The van der Waals surface area contributed by atoms with Crippen LogP contribution in [0.3, 0.4) is 0 Å². The first-order valence-electron chi connectivity index (χ1n) is 8.16. The predicted octanol–water partition coefficient (Wildman–Crippen LogP) is 4.37. The molecule has 0 spiro atoms. The van der Waals surface area contributed by atoms with Gasteiger partial charge in [-0.25, -0.2) is 17.9 Å². The number of anilines is 1. The number of hydrogen-bond donors (Lipinski definition) is 1. The number of aromatic nitrogens is 2. The average molecular weight is 389 g/mol. The van der Waals surface area contributed by atoms with E-state index < -0.39 is 16.9 Å². The summed E-state index contributed by atoms with van der Waals surface area (Å²) < 4.78 is 42.5. The minimum atomic E-state index is -0.679. The fraction of sp³-hybridized carbons (Fsp3) is 0.158. The van der Waals surface area contributed by atoms with Gasteiger partial charge in [0.1, 0.15) is 23.3 Å². The Morgan fingerprint density at radius 3 is 2.52 bits per heavy atom. The standard InChI is InChI=1S/C19H14F3N3OS/c1-10-17-18(14-7-4-12(21)8-15(14)22)27-9-16(26)23-19(17)25(24-10)13-5-2-11(20)3-6-13/h2-8,18H,9H2,1H3,(H,23,26)/t18-/m1/s1. The fourth-order valence-electron chi connectivity index (χ4n) is 3.11. The normalized spacial score (nSPS) is 16.6. The van der Waals surface area contributed by atoms with Crippen LogP contribution in [0.4, 0.5) is 19.0 Å². The maximum Gasteiger partial charge on any atom is 0.235 e. The molecule has 0 unspecified atom stereocenters. The molecule has 138 valence electrons. The molecule has 4 rings (SSSR count). The number of rotatable bonds is 2. The molecule has 8 heteroatoms. The second kappa shape index (κ2) is 6.77. The molecule has 1 amide bonds. The van der Waals surface area contributed by atoms with Gasteiger partial charge in [0.2, 0.25) is 5.91 Å². The molecular weight excluding hydrogens is 375 g/mol. The highest BCUT2D eigenvalue weighted by atomic mass is 32.2. The molecule has 0 saturated carbocycles. The molecule has 1 N–H and O–H groups in total. The summed E-state index contributed by atoms with van der Waals surface area (Å²) >= 11 is 1.25. The van der Waals surface area contributed by atoms with E-state index in [1.807, 2.05) is 0 Å². The van der Waals surface area contributed by atoms with Gasteiger partial charge < -0.3 is 5.32 Å². The first-order valence-corrected chi connectivity index (χ1v) is 9.21. The van der Waals surface area contributed by atoms with Crippen LogP contribution in [0.25, 0.3) is 5.69 Å². The van der Waals surface area contributed by atoms with Crippen molar-refractivity contribution in [1.82, 2.24) is 9.78 Å². The number of nitrogens with one attached hydrogen (secondary N) is 1. The highest BCUT2D eigenvalue weighted by Gasteiger charge is 2.32. The Morgan fingerprint density at radius 2 is 1.81 bits per heavy atom. The van der Waals surface area contributed by atoms with Gasteiger partial charge in [0, 0.05) is 17.2 Å². The molecule has 1 aliphatic heterocycles. The molecule has 27 heavy (non-hydrogen) atoms. The molecule has 0 fully saturated rings. The van der Waals surface area contributed by atoms with E-state index in [1.165, 1.54) is 40.7 Å².